The standard InChI is InChI=1S/C24H23BrN4O4/c25-19-2-1-13(5-14(19)11-26)22(31)28-16-7-24(8-16)9-17(10-24)33-23-18(21(27)30)6-15-12-32-4-3-20(15)29-23/h1-2,5-6,16-17H,3-4,7-10,12H2,(H2,27,30)(H,28,31). The Morgan fingerprint density at radius 1 is 1.27 bits per heavy atom. The number of benzene rings is 1. The van der Waals surface area contributed by atoms with Crippen molar-refractivity contribution < 1.29 is 19.1 Å². The van der Waals surface area contributed by atoms with Gasteiger partial charge in [-0.15, -0.1) is 0 Å². The number of fused-ring (bicyclic) bond motifs is 1. The minimum atomic E-state index is -0.557. The van der Waals surface area contributed by atoms with E-state index < -0.39 is 5.91 Å². The Morgan fingerprint density at radius 2 is 2.06 bits per heavy atom. The molecular formula is C24H23BrN4O4. The SMILES string of the molecule is N#Cc1cc(C(=O)NC2CC3(C2)CC(Oc2nc4c(cc2C(N)=O)COCC4)C3)ccc1Br. The maximum absolute atomic E-state index is 12.5. The van der Waals surface area contributed by atoms with Gasteiger partial charge in [-0.05, 0) is 71.3 Å². The molecule has 33 heavy (non-hydrogen) atoms. The normalized spacial score (nSPS) is 25.2. The molecule has 1 aromatic heterocycles. The molecule has 0 saturated heterocycles. The van der Waals surface area contributed by atoms with E-state index in [0.29, 0.717) is 46.7 Å². The third kappa shape index (κ3) is 4.21. The van der Waals surface area contributed by atoms with E-state index in [-0.39, 0.29) is 23.5 Å². The fourth-order valence-electron chi connectivity index (χ4n) is 5.12. The minimum absolute atomic E-state index is 0.0187. The Labute approximate surface area is 199 Å². The van der Waals surface area contributed by atoms with Crippen LogP contribution in [0.15, 0.2) is 28.7 Å². The van der Waals surface area contributed by atoms with Crippen molar-refractivity contribution in [3.8, 4) is 11.9 Å². The zero-order valence-electron chi connectivity index (χ0n) is 17.9. The predicted octanol–water partition coefficient (Wildman–Crippen LogP) is 3.01. The van der Waals surface area contributed by atoms with Crippen LogP contribution >= 0.6 is 15.9 Å². The number of aromatic nitrogens is 1. The van der Waals surface area contributed by atoms with Gasteiger partial charge in [-0.1, -0.05) is 0 Å². The molecule has 0 radical (unpaired) electrons. The van der Waals surface area contributed by atoms with Gasteiger partial charge in [-0.3, -0.25) is 9.59 Å². The highest BCUT2D eigenvalue weighted by Crippen LogP contribution is 2.56. The lowest BCUT2D eigenvalue weighted by Crippen LogP contribution is -2.58. The van der Waals surface area contributed by atoms with Gasteiger partial charge in [-0.2, -0.15) is 5.26 Å². The number of nitrogens with one attached hydrogen (secondary N) is 1. The largest absolute Gasteiger partial charge is 0.474 e. The molecule has 2 fully saturated rings. The van der Waals surface area contributed by atoms with Gasteiger partial charge in [0.2, 0.25) is 5.88 Å². The number of rotatable bonds is 5. The van der Waals surface area contributed by atoms with Crippen LogP contribution in [-0.4, -0.2) is 35.6 Å². The third-order valence-electron chi connectivity index (χ3n) is 6.81. The molecule has 1 aliphatic heterocycles. The number of pyridine rings is 1. The highest BCUT2D eigenvalue weighted by atomic mass is 79.9. The molecule has 8 nitrogen and oxygen atoms in total. The lowest BCUT2D eigenvalue weighted by atomic mass is 9.53. The number of amides is 2. The average molecular weight is 511 g/mol. The zero-order valence-corrected chi connectivity index (χ0v) is 19.5. The van der Waals surface area contributed by atoms with E-state index in [1.807, 2.05) is 0 Å². The van der Waals surface area contributed by atoms with E-state index in [2.05, 4.69) is 32.3 Å². The van der Waals surface area contributed by atoms with Crippen molar-refractivity contribution in [2.45, 2.75) is 50.9 Å². The fraction of sp³-hybridized carbons (Fsp3) is 0.417. The monoisotopic (exact) mass is 510 g/mol. The highest BCUT2D eigenvalue weighted by Gasteiger charge is 2.54. The summed E-state index contributed by atoms with van der Waals surface area (Å²) in [4.78, 5) is 29.0. The molecule has 0 unspecified atom stereocenters. The number of halogens is 1. The molecule has 2 saturated carbocycles. The first-order chi connectivity index (χ1) is 15.9. The van der Waals surface area contributed by atoms with Crippen molar-refractivity contribution in [3.63, 3.8) is 0 Å². The fourth-order valence-corrected chi connectivity index (χ4v) is 5.46. The molecule has 170 valence electrons. The van der Waals surface area contributed by atoms with E-state index in [1.54, 1.807) is 24.3 Å². The number of ether oxygens (including phenoxy) is 2. The number of hydrogen-bond donors (Lipinski definition) is 2. The summed E-state index contributed by atoms with van der Waals surface area (Å²) in [5.41, 5.74) is 8.71. The summed E-state index contributed by atoms with van der Waals surface area (Å²) in [5, 5.41) is 12.2. The van der Waals surface area contributed by atoms with Crippen LogP contribution in [0.5, 0.6) is 5.88 Å². The number of hydrogen-bond acceptors (Lipinski definition) is 6. The number of carbonyl (C=O) groups is 2. The Kier molecular flexibility index (Phi) is 5.59. The molecule has 2 amide bonds. The smallest absolute Gasteiger partial charge is 0.254 e. The molecule has 3 N–H and O–H groups in total. The summed E-state index contributed by atoms with van der Waals surface area (Å²) in [6, 6.07) is 8.93. The third-order valence-corrected chi connectivity index (χ3v) is 7.50. The Hall–Kier alpha value is -2.96. The Bertz CT molecular complexity index is 1180. The lowest BCUT2D eigenvalue weighted by Gasteiger charge is -2.57. The second kappa shape index (κ2) is 8.43. The van der Waals surface area contributed by atoms with Gasteiger partial charge in [0, 0.05) is 28.1 Å². The molecule has 1 spiro atoms. The molecule has 0 atom stereocenters. The van der Waals surface area contributed by atoms with E-state index in [9.17, 15) is 9.59 Å². The maximum Gasteiger partial charge on any atom is 0.254 e. The second-order valence-electron chi connectivity index (χ2n) is 9.15. The number of nitriles is 1. The van der Waals surface area contributed by atoms with Crippen molar-refractivity contribution >= 4 is 27.7 Å². The predicted molar refractivity (Wildman–Crippen MR) is 122 cm³/mol. The number of carbonyl (C=O) groups excluding carboxylic acids is 2. The molecule has 2 heterocycles. The number of nitrogens with zero attached hydrogens (tertiary/aromatic N) is 2. The first kappa shape index (κ1) is 21.9. The van der Waals surface area contributed by atoms with Gasteiger partial charge in [-0.25, -0.2) is 4.98 Å². The van der Waals surface area contributed by atoms with Crippen molar-refractivity contribution in [2.75, 3.05) is 6.61 Å². The Morgan fingerprint density at radius 3 is 2.79 bits per heavy atom. The average Bonchev–Trinajstić information content (AvgIpc) is 2.75. The quantitative estimate of drug-likeness (QED) is 0.636. The van der Waals surface area contributed by atoms with E-state index in [1.165, 1.54) is 0 Å². The van der Waals surface area contributed by atoms with Gasteiger partial charge >= 0.3 is 0 Å². The van der Waals surface area contributed by atoms with Gasteiger partial charge in [0.1, 0.15) is 17.7 Å². The minimum Gasteiger partial charge on any atom is -0.474 e. The highest BCUT2D eigenvalue weighted by molar-refractivity contribution is 9.10. The van der Waals surface area contributed by atoms with E-state index >= 15 is 0 Å². The summed E-state index contributed by atoms with van der Waals surface area (Å²) in [5.74, 6) is -0.408. The van der Waals surface area contributed by atoms with Crippen LogP contribution in [0.2, 0.25) is 0 Å². The van der Waals surface area contributed by atoms with Crippen LogP contribution in [0.1, 0.15) is 63.2 Å². The second-order valence-corrected chi connectivity index (χ2v) is 10.0. The van der Waals surface area contributed by atoms with Gasteiger partial charge in [0.15, 0.2) is 0 Å². The van der Waals surface area contributed by atoms with Crippen LogP contribution in [0.25, 0.3) is 0 Å². The maximum atomic E-state index is 12.5. The topological polar surface area (TPSA) is 127 Å². The summed E-state index contributed by atoms with van der Waals surface area (Å²) >= 11 is 3.31. The summed E-state index contributed by atoms with van der Waals surface area (Å²) in [6.45, 7) is 1.04. The van der Waals surface area contributed by atoms with E-state index in [0.717, 1.165) is 36.9 Å². The molecule has 1 aromatic carbocycles. The van der Waals surface area contributed by atoms with Crippen molar-refractivity contribution in [2.24, 2.45) is 11.1 Å². The van der Waals surface area contributed by atoms with Crippen molar-refractivity contribution in [3.05, 3.63) is 56.7 Å². The van der Waals surface area contributed by atoms with Gasteiger partial charge in [0.05, 0.1) is 24.5 Å². The molecule has 2 aliphatic carbocycles. The first-order valence-corrected chi connectivity index (χ1v) is 11.7. The zero-order chi connectivity index (χ0) is 23.2. The molecule has 3 aliphatic rings. The summed E-state index contributed by atoms with van der Waals surface area (Å²) in [7, 11) is 0. The van der Waals surface area contributed by atoms with Crippen molar-refractivity contribution in [1.29, 1.82) is 5.26 Å². The number of primary amides is 1. The van der Waals surface area contributed by atoms with Gasteiger partial charge < -0.3 is 20.5 Å². The molecule has 2 aromatic rings. The van der Waals surface area contributed by atoms with Crippen molar-refractivity contribution in [1.82, 2.24) is 10.3 Å². The summed E-state index contributed by atoms with van der Waals surface area (Å²) < 4.78 is 12.2. The van der Waals surface area contributed by atoms with Crippen LogP contribution in [0.4, 0.5) is 0 Å². The summed E-state index contributed by atoms with van der Waals surface area (Å²) in [6.07, 6.45) is 4.16. The first-order valence-electron chi connectivity index (χ1n) is 10.9. The van der Waals surface area contributed by atoms with Crippen LogP contribution in [0.3, 0.4) is 0 Å². The van der Waals surface area contributed by atoms with Crippen LogP contribution < -0.4 is 15.8 Å². The molecule has 9 heteroatoms. The van der Waals surface area contributed by atoms with E-state index in [4.69, 9.17) is 20.5 Å². The van der Waals surface area contributed by atoms with Crippen LogP contribution in [-0.2, 0) is 17.8 Å². The van der Waals surface area contributed by atoms with Gasteiger partial charge in [0.25, 0.3) is 11.8 Å². The molecular weight excluding hydrogens is 488 g/mol. The molecule has 5 rings (SSSR count). The lowest BCUT2D eigenvalue weighted by molar-refractivity contribution is -0.0849. The van der Waals surface area contributed by atoms with Crippen LogP contribution in [0, 0.1) is 16.7 Å². The number of nitrogens with two attached hydrogens (primary N) is 1. The molecule has 0 bridgehead atoms. The Balaban J connectivity index is 1.16.